The maximum absolute atomic E-state index is 13.3. The van der Waals surface area contributed by atoms with E-state index in [1.807, 2.05) is 0 Å². The molecule has 0 radical (unpaired) electrons. The Kier molecular flexibility index (Phi) is 4.45. The molecule has 0 aliphatic carbocycles. The summed E-state index contributed by atoms with van der Waals surface area (Å²) in [4.78, 5) is 25.3. The number of fused-ring (bicyclic) bond motifs is 1. The second-order valence-corrected chi connectivity index (χ2v) is 7.60. The van der Waals surface area contributed by atoms with Gasteiger partial charge in [0.05, 0.1) is 5.56 Å². The van der Waals surface area contributed by atoms with Gasteiger partial charge in [-0.3, -0.25) is 14.5 Å². The number of carbonyl (C=O) groups is 2. The van der Waals surface area contributed by atoms with E-state index < -0.39 is 17.0 Å². The van der Waals surface area contributed by atoms with Gasteiger partial charge in [0, 0.05) is 30.7 Å². The van der Waals surface area contributed by atoms with Crippen LogP contribution in [-0.4, -0.2) is 27.7 Å². The van der Waals surface area contributed by atoms with Crippen LogP contribution in [0, 0.1) is 0 Å². The van der Waals surface area contributed by atoms with Crippen molar-refractivity contribution in [2.24, 2.45) is 0 Å². The number of hydrogen-bond acceptors (Lipinski definition) is 3. The van der Waals surface area contributed by atoms with E-state index in [1.165, 1.54) is 19.2 Å². The van der Waals surface area contributed by atoms with Crippen LogP contribution in [0.1, 0.15) is 21.9 Å². The molecule has 2 aromatic carbocycles. The first kappa shape index (κ1) is 18.6. The van der Waals surface area contributed by atoms with Gasteiger partial charge in [-0.2, -0.15) is 13.2 Å². The molecule has 0 bridgehead atoms. The first-order chi connectivity index (χ1) is 13.3. The van der Waals surface area contributed by atoms with Crippen LogP contribution in [0.2, 0.25) is 0 Å². The zero-order valence-electron chi connectivity index (χ0n) is 14.7. The normalized spacial score (nSPS) is 17.7. The second-order valence-electron chi connectivity index (χ2n) is 6.54. The highest BCUT2D eigenvalue weighted by atomic mass is 32.2. The Morgan fingerprint density at radius 2 is 1.79 bits per heavy atom. The minimum absolute atomic E-state index is 0.0488. The number of benzene rings is 2. The molecule has 0 spiro atoms. The van der Waals surface area contributed by atoms with Gasteiger partial charge in [-0.15, -0.1) is 0 Å². The van der Waals surface area contributed by atoms with Crippen LogP contribution in [0.3, 0.4) is 0 Å². The Labute approximate surface area is 162 Å². The van der Waals surface area contributed by atoms with Crippen LogP contribution in [0.15, 0.2) is 54.7 Å². The number of halogens is 3. The van der Waals surface area contributed by atoms with E-state index in [0.29, 0.717) is 11.1 Å². The number of aromatic nitrogens is 1. The topological polar surface area (TPSA) is 42.3 Å². The average molecular weight is 404 g/mol. The molecule has 1 aliphatic rings. The van der Waals surface area contributed by atoms with E-state index >= 15 is 0 Å². The molecule has 2 amide bonds. The van der Waals surface area contributed by atoms with Gasteiger partial charge in [-0.25, -0.2) is 0 Å². The van der Waals surface area contributed by atoms with Gasteiger partial charge in [0.15, 0.2) is 0 Å². The molecule has 0 N–H and O–H groups in total. The molecule has 28 heavy (non-hydrogen) atoms. The van der Waals surface area contributed by atoms with E-state index in [1.54, 1.807) is 41.1 Å². The Morgan fingerprint density at radius 3 is 2.46 bits per heavy atom. The first-order valence-corrected chi connectivity index (χ1v) is 9.36. The van der Waals surface area contributed by atoms with E-state index in [2.05, 4.69) is 0 Å². The van der Waals surface area contributed by atoms with Crippen molar-refractivity contribution in [2.75, 3.05) is 7.05 Å². The fourth-order valence-corrected chi connectivity index (χ4v) is 4.47. The Balaban J connectivity index is 1.75. The lowest BCUT2D eigenvalue weighted by Gasteiger charge is -2.14. The third-order valence-corrected chi connectivity index (χ3v) is 6.01. The number of alkyl halides is 3. The number of amides is 2. The highest BCUT2D eigenvalue weighted by Crippen LogP contribution is 2.41. The van der Waals surface area contributed by atoms with Crippen molar-refractivity contribution in [3.63, 3.8) is 0 Å². The second kappa shape index (κ2) is 6.70. The summed E-state index contributed by atoms with van der Waals surface area (Å²) in [6, 6.07) is 12.6. The number of nitrogens with zero attached hydrogens (tertiary/aromatic N) is 2. The number of thioether (sulfide) groups is 1. The van der Waals surface area contributed by atoms with Crippen LogP contribution in [0.4, 0.5) is 18.0 Å². The van der Waals surface area contributed by atoms with Crippen LogP contribution >= 0.6 is 11.8 Å². The minimum Gasteiger partial charge on any atom is -0.343 e. The molecule has 1 atom stereocenters. The van der Waals surface area contributed by atoms with Crippen LogP contribution < -0.4 is 0 Å². The first-order valence-electron chi connectivity index (χ1n) is 8.48. The highest BCUT2D eigenvalue weighted by molar-refractivity contribution is 8.15. The van der Waals surface area contributed by atoms with Crippen LogP contribution in [0.5, 0.6) is 0 Å². The molecule has 4 nitrogen and oxygen atoms in total. The number of rotatable bonds is 3. The molecule has 1 aromatic heterocycles. The smallest absolute Gasteiger partial charge is 0.343 e. The van der Waals surface area contributed by atoms with Gasteiger partial charge < -0.3 is 4.57 Å². The lowest BCUT2D eigenvalue weighted by atomic mass is 10.1. The fraction of sp³-hybridized carbons (Fsp3) is 0.200. The standard InChI is InChI=1S/C20H15F3N2O2S/c1-24-18(26)17(28-19(24)27)14-6-4-8-16-13(14)9-10-25(16)11-12-5-2-3-7-15(12)20(21,22)23/h2-10,17H,11H2,1H3. The predicted molar refractivity (Wildman–Crippen MR) is 101 cm³/mol. The lowest BCUT2D eigenvalue weighted by Crippen LogP contribution is -2.24. The molecule has 144 valence electrons. The summed E-state index contributed by atoms with van der Waals surface area (Å²) in [6.45, 7) is 0.0488. The van der Waals surface area contributed by atoms with Gasteiger partial charge in [0.2, 0.25) is 5.91 Å². The van der Waals surface area contributed by atoms with Crippen LogP contribution in [-0.2, 0) is 17.5 Å². The zero-order chi connectivity index (χ0) is 20.1. The van der Waals surface area contributed by atoms with Crippen molar-refractivity contribution in [1.82, 2.24) is 9.47 Å². The van der Waals surface area contributed by atoms with E-state index in [0.717, 1.165) is 28.1 Å². The molecular weight excluding hydrogens is 389 g/mol. The SMILES string of the molecule is CN1C(=O)SC(c2cccc3c2ccn3Cc2ccccc2C(F)(F)F)C1=O. The zero-order valence-corrected chi connectivity index (χ0v) is 15.6. The molecule has 1 saturated heterocycles. The molecule has 1 fully saturated rings. The Hall–Kier alpha value is -2.74. The molecular formula is C20H15F3N2O2S. The fourth-order valence-electron chi connectivity index (χ4n) is 3.42. The number of likely N-dealkylation sites (N-methyl/N-ethyl adjacent to an activating group) is 1. The predicted octanol–water partition coefficient (Wildman–Crippen LogP) is 5.07. The van der Waals surface area contributed by atoms with Gasteiger partial charge in [0.1, 0.15) is 5.25 Å². The maximum Gasteiger partial charge on any atom is 0.416 e. The summed E-state index contributed by atoms with van der Waals surface area (Å²) in [5, 5.41) is -0.203. The van der Waals surface area contributed by atoms with E-state index in [4.69, 9.17) is 0 Å². The molecule has 2 heterocycles. The largest absolute Gasteiger partial charge is 0.416 e. The maximum atomic E-state index is 13.3. The van der Waals surface area contributed by atoms with Crippen molar-refractivity contribution in [2.45, 2.75) is 18.0 Å². The van der Waals surface area contributed by atoms with Crippen molar-refractivity contribution in [1.29, 1.82) is 0 Å². The molecule has 8 heteroatoms. The molecule has 1 aliphatic heterocycles. The summed E-state index contributed by atoms with van der Waals surface area (Å²) in [7, 11) is 1.44. The molecule has 0 saturated carbocycles. The lowest BCUT2D eigenvalue weighted by molar-refractivity contribution is -0.138. The van der Waals surface area contributed by atoms with Crippen molar-refractivity contribution in [3.8, 4) is 0 Å². The van der Waals surface area contributed by atoms with Crippen LogP contribution in [0.25, 0.3) is 10.9 Å². The molecule has 1 unspecified atom stereocenters. The minimum atomic E-state index is -4.43. The number of imide groups is 1. The average Bonchev–Trinajstić information content (AvgIpc) is 3.18. The third kappa shape index (κ3) is 3.07. The number of hydrogen-bond donors (Lipinski definition) is 0. The van der Waals surface area contributed by atoms with Crippen molar-refractivity contribution >= 4 is 33.8 Å². The Bertz CT molecular complexity index is 1090. The summed E-state index contributed by atoms with van der Waals surface area (Å²) in [6.07, 6.45) is -2.72. The highest BCUT2D eigenvalue weighted by Gasteiger charge is 2.39. The number of carbonyl (C=O) groups excluding carboxylic acids is 2. The quantitative estimate of drug-likeness (QED) is 0.612. The third-order valence-electron chi connectivity index (χ3n) is 4.84. The Morgan fingerprint density at radius 1 is 1.04 bits per heavy atom. The summed E-state index contributed by atoms with van der Waals surface area (Å²) < 4.78 is 41.6. The molecule has 3 aromatic rings. The van der Waals surface area contributed by atoms with E-state index in [9.17, 15) is 22.8 Å². The monoisotopic (exact) mass is 404 g/mol. The van der Waals surface area contributed by atoms with Gasteiger partial charge in [-0.05, 0) is 41.1 Å². The summed E-state index contributed by atoms with van der Waals surface area (Å²) >= 11 is 0.948. The van der Waals surface area contributed by atoms with E-state index in [-0.39, 0.29) is 23.3 Å². The van der Waals surface area contributed by atoms with Crippen molar-refractivity contribution < 1.29 is 22.8 Å². The summed E-state index contributed by atoms with van der Waals surface area (Å²) in [5.41, 5.74) is 0.902. The van der Waals surface area contributed by atoms with Gasteiger partial charge in [-0.1, -0.05) is 30.3 Å². The van der Waals surface area contributed by atoms with Crippen molar-refractivity contribution in [3.05, 3.63) is 71.4 Å². The summed E-state index contributed by atoms with van der Waals surface area (Å²) in [5.74, 6) is -0.294. The molecule has 4 rings (SSSR count). The van der Waals surface area contributed by atoms with Gasteiger partial charge in [0.25, 0.3) is 5.24 Å². The van der Waals surface area contributed by atoms with Gasteiger partial charge >= 0.3 is 6.18 Å².